The van der Waals surface area contributed by atoms with Gasteiger partial charge in [0, 0.05) is 13.2 Å². The molecular formula is C13H13FN2O. The van der Waals surface area contributed by atoms with Crippen molar-refractivity contribution < 1.29 is 9.18 Å². The highest BCUT2D eigenvalue weighted by Crippen LogP contribution is 2.19. The largest absolute Gasteiger partial charge is 0.287 e. The maximum absolute atomic E-state index is 13.8. The number of carbonyl (C=O) groups excluding carboxylic acids is 1. The van der Waals surface area contributed by atoms with Gasteiger partial charge >= 0.3 is 0 Å². The number of ketones is 1. The molecule has 17 heavy (non-hydrogen) atoms. The maximum Gasteiger partial charge on any atom is 0.214 e. The van der Waals surface area contributed by atoms with Crippen molar-refractivity contribution in [2.24, 2.45) is 7.05 Å². The molecule has 2 rings (SSSR count). The number of hydrogen-bond donors (Lipinski definition) is 0. The standard InChI is InChI=1S/C13H13FN2O/c1-8-6-9(2)12(10(14)7-8)13(17)11-4-5-15-16(11)3/h4-7H,1-3H3. The Hall–Kier alpha value is -1.97. The lowest BCUT2D eigenvalue weighted by Crippen LogP contribution is -2.12. The molecule has 0 radical (unpaired) electrons. The van der Waals surface area contributed by atoms with Crippen LogP contribution in [-0.4, -0.2) is 15.6 Å². The van der Waals surface area contributed by atoms with E-state index in [0.29, 0.717) is 11.3 Å². The topological polar surface area (TPSA) is 34.9 Å². The molecule has 0 N–H and O–H groups in total. The molecule has 0 aliphatic heterocycles. The molecule has 2 aromatic rings. The molecule has 0 saturated heterocycles. The van der Waals surface area contributed by atoms with E-state index in [2.05, 4.69) is 5.10 Å². The third kappa shape index (κ3) is 1.98. The molecule has 0 aliphatic carbocycles. The summed E-state index contributed by atoms with van der Waals surface area (Å²) in [5.41, 5.74) is 1.96. The van der Waals surface area contributed by atoms with Crippen molar-refractivity contribution in [1.29, 1.82) is 0 Å². The van der Waals surface area contributed by atoms with Crippen LogP contribution in [-0.2, 0) is 7.05 Å². The molecule has 0 unspecified atom stereocenters. The molecule has 0 amide bonds. The molecule has 88 valence electrons. The third-order valence-corrected chi connectivity index (χ3v) is 2.71. The first-order chi connectivity index (χ1) is 8.00. The lowest BCUT2D eigenvalue weighted by atomic mass is 9.99. The van der Waals surface area contributed by atoms with Crippen molar-refractivity contribution in [3.63, 3.8) is 0 Å². The summed E-state index contributed by atoms with van der Waals surface area (Å²) in [6.45, 7) is 3.54. The number of hydrogen-bond acceptors (Lipinski definition) is 2. The summed E-state index contributed by atoms with van der Waals surface area (Å²) < 4.78 is 15.3. The molecule has 0 aliphatic rings. The van der Waals surface area contributed by atoms with Crippen LogP contribution < -0.4 is 0 Å². The van der Waals surface area contributed by atoms with Gasteiger partial charge in [-0.2, -0.15) is 5.10 Å². The molecule has 4 heteroatoms. The van der Waals surface area contributed by atoms with Crippen LogP contribution in [0.4, 0.5) is 4.39 Å². The minimum Gasteiger partial charge on any atom is -0.287 e. The van der Waals surface area contributed by atoms with Crippen LogP contribution in [0.2, 0.25) is 0 Å². The predicted octanol–water partition coefficient (Wildman–Crippen LogP) is 2.41. The molecule has 0 spiro atoms. The molecule has 0 fully saturated rings. The predicted molar refractivity (Wildman–Crippen MR) is 62.5 cm³/mol. The minimum atomic E-state index is -0.478. The van der Waals surface area contributed by atoms with Gasteiger partial charge in [0.1, 0.15) is 11.5 Å². The van der Waals surface area contributed by atoms with E-state index in [9.17, 15) is 9.18 Å². The van der Waals surface area contributed by atoms with Gasteiger partial charge in [-0.25, -0.2) is 4.39 Å². The first kappa shape index (κ1) is 11.5. The van der Waals surface area contributed by atoms with Gasteiger partial charge in [0.25, 0.3) is 0 Å². The Labute approximate surface area is 98.9 Å². The van der Waals surface area contributed by atoms with Crippen LogP contribution >= 0.6 is 0 Å². The van der Waals surface area contributed by atoms with E-state index in [1.165, 1.54) is 16.9 Å². The first-order valence-corrected chi connectivity index (χ1v) is 5.30. The maximum atomic E-state index is 13.8. The van der Waals surface area contributed by atoms with Gasteiger partial charge in [0.15, 0.2) is 0 Å². The smallest absolute Gasteiger partial charge is 0.214 e. The van der Waals surface area contributed by atoms with E-state index < -0.39 is 5.82 Å². The second-order valence-electron chi connectivity index (χ2n) is 4.11. The zero-order valence-electron chi connectivity index (χ0n) is 9.99. The average molecular weight is 232 g/mol. The number of aromatic nitrogens is 2. The number of aryl methyl sites for hydroxylation is 3. The van der Waals surface area contributed by atoms with Gasteiger partial charge in [-0.05, 0) is 37.1 Å². The molecule has 0 atom stereocenters. The van der Waals surface area contributed by atoms with Crippen LogP contribution in [0.25, 0.3) is 0 Å². The highest BCUT2D eigenvalue weighted by molar-refractivity contribution is 6.09. The number of halogens is 1. The Morgan fingerprint density at radius 2 is 2.06 bits per heavy atom. The zero-order valence-corrected chi connectivity index (χ0v) is 9.99. The van der Waals surface area contributed by atoms with Crippen LogP contribution in [0.3, 0.4) is 0 Å². The highest BCUT2D eigenvalue weighted by atomic mass is 19.1. The first-order valence-electron chi connectivity index (χ1n) is 5.30. The summed E-state index contributed by atoms with van der Waals surface area (Å²) >= 11 is 0. The van der Waals surface area contributed by atoms with Crippen molar-refractivity contribution >= 4 is 5.78 Å². The van der Waals surface area contributed by atoms with E-state index in [1.54, 1.807) is 33.0 Å². The SMILES string of the molecule is Cc1cc(C)c(C(=O)c2ccnn2C)c(F)c1. The number of nitrogens with zero attached hydrogens (tertiary/aromatic N) is 2. The fraction of sp³-hybridized carbons (Fsp3) is 0.231. The number of benzene rings is 1. The Morgan fingerprint density at radius 1 is 1.35 bits per heavy atom. The summed E-state index contributed by atoms with van der Waals surface area (Å²) in [6.07, 6.45) is 1.52. The van der Waals surface area contributed by atoms with Gasteiger partial charge in [-0.3, -0.25) is 9.48 Å². The number of carbonyl (C=O) groups is 1. The quantitative estimate of drug-likeness (QED) is 0.745. The van der Waals surface area contributed by atoms with Crippen molar-refractivity contribution in [2.45, 2.75) is 13.8 Å². The lowest BCUT2D eigenvalue weighted by Gasteiger charge is -2.08. The molecule has 0 bridgehead atoms. The van der Waals surface area contributed by atoms with Crippen LogP contribution in [0.1, 0.15) is 27.2 Å². The van der Waals surface area contributed by atoms with Gasteiger partial charge in [0.05, 0.1) is 5.56 Å². The molecular weight excluding hydrogens is 219 g/mol. The van der Waals surface area contributed by atoms with Gasteiger partial charge < -0.3 is 0 Å². The van der Waals surface area contributed by atoms with E-state index in [0.717, 1.165) is 5.56 Å². The highest BCUT2D eigenvalue weighted by Gasteiger charge is 2.19. The Balaban J connectivity index is 2.56. The lowest BCUT2D eigenvalue weighted by molar-refractivity contribution is 0.102. The van der Waals surface area contributed by atoms with Crippen molar-refractivity contribution in [2.75, 3.05) is 0 Å². The summed E-state index contributed by atoms with van der Waals surface area (Å²) in [5.74, 6) is -0.811. The molecule has 0 saturated carbocycles. The van der Waals surface area contributed by atoms with E-state index in [4.69, 9.17) is 0 Å². The van der Waals surface area contributed by atoms with Crippen molar-refractivity contribution in [1.82, 2.24) is 9.78 Å². The average Bonchev–Trinajstić information content (AvgIpc) is 2.62. The van der Waals surface area contributed by atoms with Crippen LogP contribution in [0.5, 0.6) is 0 Å². The third-order valence-electron chi connectivity index (χ3n) is 2.71. The summed E-state index contributed by atoms with van der Waals surface area (Å²) in [7, 11) is 1.66. The van der Waals surface area contributed by atoms with Gasteiger partial charge in [0.2, 0.25) is 5.78 Å². The normalized spacial score (nSPS) is 10.6. The fourth-order valence-corrected chi connectivity index (χ4v) is 1.93. The second-order valence-corrected chi connectivity index (χ2v) is 4.11. The number of rotatable bonds is 2. The van der Waals surface area contributed by atoms with Crippen LogP contribution in [0.15, 0.2) is 24.4 Å². The summed E-state index contributed by atoms with van der Waals surface area (Å²) in [6, 6.07) is 4.75. The molecule has 3 nitrogen and oxygen atoms in total. The Morgan fingerprint density at radius 3 is 2.59 bits per heavy atom. The van der Waals surface area contributed by atoms with E-state index >= 15 is 0 Å². The van der Waals surface area contributed by atoms with Gasteiger partial charge in [-0.1, -0.05) is 6.07 Å². The molecule has 1 aromatic heterocycles. The fourth-order valence-electron chi connectivity index (χ4n) is 1.93. The van der Waals surface area contributed by atoms with Crippen molar-refractivity contribution in [3.05, 3.63) is 52.6 Å². The Kier molecular flexibility index (Phi) is 2.79. The molecule has 1 aromatic carbocycles. The summed E-state index contributed by atoms with van der Waals surface area (Å²) in [4.78, 5) is 12.2. The second kappa shape index (κ2) is 4.13. The molecule has 1 heterocycles. The van der Waals surface area contributed by atoms with Gasteiger partial charge in [-0.15, -0.1) is 0 Å². The van der Waals surface area contributed by atoms with Crippen LogP contribution in [0, 0.1) is 19.7 Å². The zero-order chi connectivity index (χ0) is 12.6. The monoisotopic (exact) mass is 232 g/mol. The van der Waals surface area contributed by atoms with Crippen molar-refractivity contribution in [3.8, 4) is 0 Å². The summed E-state index contributed by atoms with van der Waals surface area (Å²) in [5, 5.41) is 3.91. The Bertz CT molecular complexity index is 564. The minimum absolute atomic E-state index is 0.124. The van der Waals surface area contributed by atoms with E-state index in [1.807, 2.05) is 0 Å². The van der Waals surface area contributed by atoms with E-state index in [-0.39, 0.29) is 11.3 Å².